The maximum absolute atomic E-state index is 4.99. The largest absolute Gasteiger partial charge is 0.338 e. The first-order valence-corrected chi connectivity index (χ1v) is 5.30. The van der Waals surface area contributed by atoms with Crippen molar-refractivity contribution in [1.29, 1.82) is 0 Å². The zero-order chi connectivity index (χ0) is 11.4. The quantitative estimate of drug-likeness (QED) is 0.811. The van der Waals surface area contributed by atoms with Crippen LogP contribution in [0.3, 0.4) is 0 Å². The van der Waals surface area contributed by atoms with Gasteiger partial charge in [0.25, 0.3) is 0 Å². The van der Waals surface area contributed by atoms with Crippen LogP contribution in [0.1, 0.15) is 24.3 Å². The van der Waals surface area contributed by atoms with Crippen LogP contribution in [-0.4, -0.2) is 19.9 Å². The molecule has 0 spiro atoms. The van der Waals surface area contributed by atoms with E-state index in [1.807, 2.05) is 10.7 Å². The molecule has 86 valence electrons. The normalized spacial score (nSPS) is 10.9. The number of nitrogens with zero attached hydrogens (tertiary/aromatic N) is 4. The molecule has 0 atom stereocenters. The third-order valence-electron chi connectivity index (χ3n) is 2.26. The van der Waals surface area contributed by atoms with Crippen LogP contribution in [0.4, 0.5) is 0 Å². The smallest absolute Gasteiger partial charge is 0.240 e. The minimum atomic E-state index is 0.579. The van der Waals surface area contributed by atoms with Crippen LogP contribution in [0.2, 0.25) is 0 Å². The molecule has 0 unspecified atom stereocenters. The van der Waals surface area contributed by atoms with Gasteiger partial charge in [-0.2, -0.15) is 10.1 Å². The molecule has 1 N–H and O–H groups in total. The predicted molar refractivity (Wildman–Crippen MR) is 57.5 cm³/mol. The Morgan fingerprint density at radius 3 is 3.00 bits per heavy atom. The van der Waals surface area contributed by atoms with E-state index in [-0.39, 0.29) is 0 Å². The van der Waals surface area contributed by atoms with Crippen LogP contribution in [0.25, 0.3) is 0 Å². The van der Waals surface area contributed by atoms with E-state index >= 15 is 0 Å². The van der Waals surface area contributed by atoms with E-state index in [4.69, 9.17) is 4.52 Å². The highest BCUT2D eigenvalue weighted by molar-refractivity contribution is 5.00. The number of hydrogen-bond donors (Lipinski definition) is 1. The third-order valence-corrected chi connectivity index (χ3v) is 2.26. The van der Waals surface area contributed by atoms with Crippen molar-refractivity contribution in [2.45, 2.75) is 33.5 Å². The summed E-state index contributed by atoms with van der Waals surface area (Å²) in [5.74, 6) is 1.27. The monoisotopic (exact) mass is 221 g/mol. The molecule has 6 nitrogen and oxygen atoms in total. The molecule has 2 aromatic rings. The van der Waals surface area contributed by atoms with Crippen molar-refractivity contribution < 1.29 is 4.52 Å². The van der Waals surface area contributed by atoms with E-state index in [1.54, 1.807) is 13.1 Å². The van der Waals surface area contributed by atoms with Crippen LogP contribution in [-0.2, 0) is 19.6 Å². The molecular formula is C10H15N5O. The summed E-state index contributed by atoms with van der Waals surface area (Å²) in [6, 6.07) is 2.00. The van der Waals surface area contributed by atoms with Crippen molar-refractivity contribution in [1.82, 2.24) is 25.2 Å². The van der Waals surface area contributed by atoms with Gasteiger partial charge in [0, 0.05) is 19.3 Å². The zero-order valence-electron chi connectivity index (χ0n) is 9.47. The maximum atomic E-state index is 4.99. The van der Waals surface area contributed by atoms with Crippen LogP contribution >= 0.6 is 0 Å². The van der Waals surface area contributed by atoms with Gasteiger partial charge in [0.05, 0.1) is 12.2 Å². The van der Waals surface area contributed by atoms with Crippen molar-refractivity contribution in [2.24, 2.45) is 0 Å². The van der Waals surface area contributed by atoms with Crippen LogP contribution in [0, 0.1) is 6.92 Å². The molecule has 0 saturated heterocycles. The Labute approximate surface area is 93.7 Å². The van der Waals surface area contributed by atoms with Gasteiger partial charge in [-0.1, -0.05) is 5.16 Å². The number of aromatic nitrogens is 4. The second-order valence-corrected chi connectivity index (χ2v) is 3.48. The molecule has 16 heavy (non-hydrogen) atoms. The molecule has 0 saturated carbocycles. The summed E-state index contributed by atoms with van der Waals surface area (Å²) in [5, 5.41) is 11.1. The van der Waals surface area contributed by atoms with Gasteiger partial charge < -0.3 is 9.84 Å². The van der Waals surface area contributed by atoms with Crippen molar-refractivity contribution in [3.63, 3.8) is 0 Å². The maximum Gasteiger partial charge on any atom is 0.240 e. The molecule has 0 aromatic carbocycles. The summed E-state index contributed by atoms with van der Waals surface area (Å²) in [4.78, 5) is 4.11. The summed E-state index contributed by atoms with van der Waals surface area (Å²) in [6.45, 7) is 6.08. The Bertz CT molecular complexity index is 448. The molecule has 0 radical (unpaired) electrons. The topological polar surface area (TPSA) is 68.8 Å². The summed E-state index contributed by atoms with van der Waals surface area (Å²) in [7, 11) is 0. The number of aryl methyl sites for hydroxylation is 2. The van der Waals surface area contributed by atoms with E-state index in [0.717, 1.165) is 18.8 Å². The average Bonchev–Trinajstić information content (AvgIpc) is 2.87. The fourth-order valence-corrected chi connectivity index (χ4v) is 1.50. The number of rotatable bonds is 5. The van der Waals surface area contributed by atoms with Crippen molar-refractivity contribution in [3.05, 3.63) is 29.7 Å². The van der Waals surface area contributed by atoms with E-state index < -0.39 is 0 Å². The van der Waals surface area contributed by atoms with E-state index in [1.165, 1.54) is 0 Å². The van der Waals surface area contributed by atoms with Gasteiger partial charge in [0.2, 0.25) is 5.89 Å². The minimum absolute atomic E-state index is 0.579. The lowest BCUT2D eigenvalue weighted by Crippen LogP contribution is -2.16. The highest BCUT2D eigenvalue weighted by Gasteiger charge is 2.03. The van der Waals surface area contributed by atoms with Gasteiger partial charge in [-0.3, -0.25) is 4.68 Å². The van der Waals surface area contributed by atoms with Gasteiger partial charge in [0.1, 0.15) is 0 Å². The van der Waals surface area contributed by atoms with Crippen LogP contribution in [0.5, 0.6) is 0 Å². The lowest BCUT2D eigenvalue weighted by atomic mass is 10.4. The summed E-state index contributed by atoms with van der Waals surface area (Å²) in [6.07, 6.45) is 1.80. The molecule has 0 aliphatic heterocycles. The molecular weight excluding hydrogens is 206 g/mol. The average molecular weight is 221 g/mol. The molecule has 0 aliphatic rings. The molecule has 2 rings (SSSR count). The molecule has 0 aliphatic carbocycles. The van der Waals surface area contributed by atoms with Gasteiger partial charge in [-0.25, -0.2) is 0 Å². The SMILES string of the molecule is CCn1nccc1CNCc1nc(C)no1. The fourth-order valence-electron chi connectivity index (χ4n) is 1.50. The van der Waals surface area contributed by atoms with E-state index in [9.17, 15) is 0 Å². The summed E-state index contributed by atoms with van der Waals surface area (Å²) in [5.41, 5.74) is 1.15. The first-order chi connectivity index (χ1) is 7.79. The van der Waals surface area contributed by atoms with Crippen LogP contribution < -0.4 is 5.32 Å². The second kappa shape index (κ2) is 4.89. The Morgan fingerprint density at radius 2 is 2.31 bits per heavy atom. The molecule has 2 heterocycles. The van der Waals surface area contributed by atoms with Crippen LogP contribution in [0.15, 0.2) is 16.8 Å². The van der Waals surface area contributed by atoms with Crippen molar-refractivity contribution >= 4 is 0 Å². The highest BCUT2D eigenvalue weighted by Crippen LogP contribution is 1.99. The summed E-state index contributed by atoms with van der Waals surface area (Å²) >= 11 is 0. The Morgan fingerprint density at radius 1 is 1.44 bits per heavy atom. The van der Waals surface area contributed by atoms with Crippen molar-refractivity contribution in [2.75, 3.05) is 0 Å². The first kappa shape index (κ1) is 10.8. The standard InChI is InChI=1S/C10H15N5O/c1-3-15-9(4-5-12-15)6-11-7-10-13-8(2)14-16-10/h4-5,11H,3,6-7H2,1-2H3. The van der Waals surface area contributed by atoms with Gasteiger partial charge >= 0.3 is 0 Å². The van der Waals surface area contributed by atoms with E-state index in [0.29, 0.717) is 18.3 Å². The lowest BCUT2D eigenvalue weighted by Gasteiger charge is -2.04. The number of hydrogen-bond acceptors (Lipinski definition) is 5. The minimum Gasteiger partial charge on any atom is -0.338 e. The molecule has 2 aromatic heterocycles. The predicted octanol–water partition coefficient (Wildman–Crippen LogP) is 0.884. The Hall–Kier alpha value is -1.69. The Kier molecular flexibility index (Phi) is 3.31. The Balaban J connectivity index is 1.84. The fraction of sp³-hybridized carbons (Fsp3) is 0.500. The highest BCUT2D eigenvalue weighted by atomic mass is 16.5. The van der Waals surface area contributed by atoms with Crippen molar-refractivity contribution in [3.8, 4) is 0 Å². The van der Waals surface area contributed by atoms with Gasteiger partial charge in [-0.05, 0) is 19.9 Å². The van der Waals surface area contributed by atoms with Gasteiger partial charge in [-0.15, -0.1) is 0 Å². The molecule has 0 bridgehead atoms. The lowest BCUT2D eigenvalue weighted by molar-refractivity contribution is 0.363. The molecule has 6 heteroatoms. The summed E-state index contributed by atoms with van der Waals surface area (Å²) < 4.78 is 6.94. The molecule has 0 fully saturated rings. The zero-order valence-corrected chi connectivity index (χ0v) is 9.47. The second-order valence-electron chi connectivity index (χ2n) is 3.48. The third kappa shape index (κ3) is 2.46. The first-order valence-electron chi connectivity index (χ1n) is 5.30. The van der Waals surface area contributed by atoms with Gasteiger partial charge in [0.15, 0.2) is 5.82 Å². The number of nitrogens with one attached hydrogen (secondary N) is 1. The van der Waals surface area contributed by atoms with E-state index in [2.05, 4.69) is 27.5 Å². The molecule has 0 amide bonds.